The van der Waals surface area contributed by atoms with Gasteiger partial charge in [0.1, 0.15) is 0 Å². The molecule has 0 fully saturated rings. The van der Waals surface area contributed by atoms with Crippen molar-refractivity contribution in [3.8, 4) is 22.3 Å². The first-order valence-electron chi connectivity index (χ1n) is 8.48. The average Bonchev–Trinajstić information content (AvgIpc) is 3.00. The van der Waals surface area contributed by atoms with E-state index in [0.29, 0.717) is 0 Å². The third kappa shape index (κ3) is 1.93. The topological polar surface area (TPSA) is 12.0 Å². The second-order valence-electron chi connectivity index (χ2n) is 6.54. The monoisotopic (exact) mass is 297 g/mol. The molecule has 0 saturated carbocycles. The van der Waals surface area contributed by atoms with Crippen molar-refractivity contribution in [2.45, 2.75) is 19.3 Å². The Balaban J connectivity index is 1.73. The summed E-state index contributed by atoms with van der Waals surface area (Å²) in [7, 11) is 0. The summed E-state index contributed by atoms with van der Waals surface area (Å²) in [6, 6.07) is 22.3. The number of anilines is 1. The van der Waals surface area contributed by atoms with Crippen LogP contribution in [0.25, 0.3) is 22.3 Å². The van der Waals surface area contributed by atoms with Crippen molar-refractivity contribution in [2.75, 3.05) is 11.9 Å². The molecule has 3 aromatic rings. The van der Waals surface area contributed by atoms with Gasteiger partial charge in [-0.15, -0.1) is 0 Å². The molecular weight excluding hydrogens is 278 g/mol. The maximum absolute atomic E-state index is 3.64. The molecule has 0 bridgehead atoms. The highest BCUT2D eigenvalue weighted by atomic mass is 14.9. The lowest BCUT2D eigenvalue weighted by molar-refractivity contribution is 0.831. The SMILES string of the molecule is c1ccc2c(c1)Cc1c-2cccc1-c1cccc2c1NCCC2. The van der Waals surface area contributed by atoms with Crippen LogP contribution in [0, 0.1) is 0 Å². The molecule has 1 aliphatic carbocycles. The Kier molecular flexibility index (Phi) is 2.81. The molecular formula is C22H19N. The van der Waals surface area contributed by atoms with Gasteiger partial charge in [0.05, 0.1) is 0 Å². The molecule has 1 heterocycles. The lowest BCUT2D eigenvalue weighted by Gasteiger charge is -2.22. The second kappa shape index (κ2) is 4.99. The fraction of sp³-hybridized carbons (Fsp3) is 0.182. The smallest absolute Gasteiger partial charge is 0.0452 e. The summed E-state index contributed by atoms with van der Waals surface area (Å²) in [5.41, 5.74) is 11.3. The van der Waals surface area contributed by atoms with E-state index < -0.39 is 0 Å². The number of nitrogens with one attached hydrogen (secondary N) is 1. The highest BCUT2D eigenvalue weighted by Crippen LogP contribution is 2.44. The number of benzene rings is 3. The number of para-hydroxylation sites is 1. The molecule has 0 unspecified atom stereocenters. The first-order valence-corrected chi connectivity index (χ1v) is 8.48. The first-order chi connectivity index (χ1) is 11.4. The van der Waals surface area contributed by atoms with Crippen molar-refractivity contribution >= 4 is 5.69 Å². The van der Waals surface area contributed by atoms with Gasteiger partial charge in [-0.25, -0.2) is 0 Å². The molecule has 1 aliphatic heterocycles. The van der Waals surface area contributed by atoms with Crippen molar-refractivity contribution in [2.24, 2.45) is 0 Å². The average molecular weight is 297 g/mol. The van der Waals surface area contributed by atoms with Crippen LogP contribution in [0.15, 0.2) is 60.7 Å². The summed E-state index contributed by atoms with van der Waals surface area (Å²) < 4.78 is 0. The third-order valence-electron chi connectivity index (χ3n) is 5.22. The van der Waals surface area contributed by atoms with Gasteiger partial charge in [-0.05, 0) is 52.6 Å². The number of rotatable bonds is 1. The summed E-state index contributed by atoms with van der Waals surface area (Å²) >= 11 is 0. The number of aryl methyl sites for hydroxylation is 1. The van der Waals surface area contributed by atoms with E-state index in [9.17, 15) is 0 Å². The van der Waals surface area contributed by atoms with E-state index in [2.05, 4.69) is 66.0 Å². The van der Waals surface area contributed by atoms with Crippen LogP contribution in [0.3, 0.4) is 0 Å². The molecule has 0 amide bonds. The predicted molar refractivity (Wildman–Crippen MR) is 96.9 cm³/mol. The minimum atomic E-state index is 1.05. The van der Waals surface area contributed by atoms with Gasteiger partial charge in [-0.3, -0.25) is 0 Å². The van der Waals surface area contributed by atoms with Crippen molar-refractivity contribution in [1.29, 1.82) is 0 Å². The zero-order valence-electron chi connectivity index (χ0n) is 13.1. The molecule has 1 nitrogen and oxygen atoms in total. The Labute approximate surface area is 137 Å². The highest BCUT2D eigenvalue weighted by molar-refractivity contribution is 5.89. The largest absolute Gasteiger partial charge is 0.384 e. The van der Waals surface area contributed by atoms with E-state index in [-0.39, 0.29) is 0 Å². The van der Waals surface area contributed by atoms with E-state index in [0.717, 1.165) is 13.0 Å². The van der Waals surface area contributed by atoms with E-state index in [4.69, 9.17) is 0 Å². The van der Waals surface area contributed by atoms with Gasteiger partial charge < -0.3 is 5.32 Å². The lowest BCUT2D eigenvalue weighted by Crippen LogP contribution is -2.12. The number of hydrogen-bond acceptors (Lipinski definition) is 1. The van der Waals surface area contributed by atoms with Crippen LogP contribution in [-0.4, -0.2) is 6.54 Å². The minimum absolute atomic E-state index is 1.05. The molecule has 112 valence electrons. The summed E-state index contributed by atoms with van der Waals surface area (Å²) in [6.07, 6.45) is 3.46. The predicted octanol–water partition coefficient (Wildman–Crippen LogP) is 5.28. The molecule has 3 aromatic carbocycles. The first kappa shape index (κ1) is 13.0. The quantitative estimate of drug-likeness (QED) is 0.504. The Hall–Kier alpha value is -2.54. The van der Waals surface area contributed by atoms with Crippen LogP contribution in [0.4, 0.5) is 5.69 Å². The maximum atomic E-state index is 3.64. The van der Waals surface area contributed by atoms with E-state index in [1.807, 2.05) is 0 Å². The molecule has 1 heteroatoms. The molecule has 23 heavy (non-hydrogen) atoms. The Bertz CT molecular complexity index is 908. The third-order valence-corrected chi connectivity index (χ3v) is 5.22. The molecule has 1 N–H and O–H groups in total. The minimum Gasteiger partial charge on any atom is -0.384 e. The molecule has 2 aliphatic rings. The summed E-state index contributed by atoms with van der Waals surface area (Å²) in [5, 5.41) is 3.64. The number of fused-ring (bicyclic) bond motifs is 4. The van der Waals surface area contributed by atoms with Crippen LogP contribution in [0.2, 0.25) is 0 Å². The van der Waals surface area contributed by atoms with Crippen LogP contribution < -0.4 is 5.32 Å². The number of hydrogen-bond donors (Lipinski definition) is 1. The van der Waals surface area contributed by atoms with Gasteiger partial charge in [-0.1, -0.05) is 60.7 Å². The van der Waals surface area contributed by atoms with E-state index >= 15 is 0 Å². The van der Waals surface area contributed by atoms with Gasteiger partial charge in [0, 0.05) is 17.8 Å². The van der Waals surface area contributed by atoms with Crippen molar-refractivity contribution in [3.05, 3.63) is 77.4 Å². The van der Waals surface area contributed by atoms with Gasteiger partial charge in [-0.2, -0.15) is 0 Å². The summed E-state index contributed by atoms with van der Waals surface area (Å²) in [4.78, 5) is 0. The van der Waals surface area contributed by atoms with Crippen molar-refractivity contribution < 1.29 is 0 Å². The van der Waals surface area contributed by atoms with Crippen LogP contribution in [0.1, 0.15) is 23.1 Å². The Morgan fingerprint density at radius 1 is 0.652 bits per heavy atom. The van der Waals surface area contributed by atoms with E-state index in [1.54, 1.807) is 0 Å². The fourth-order valence-corrected chi connectivity index (χ4v) is 4.14. The van der Waals surface area contributed by atoms with Crippen molar-refractivity contribution in [1.82, 2.24) is 0 Å². The molecule has 0 radical (unpaired) electrons. The summed E-state index contributed by atoms with van der Waals surface area (Å²) in [5.74, 6) is 0. The standard InChI is InChI=1S/C22H19N/c1-2-9-17-16(6-1)14-21-18(17)10-4-11-19(21)20-12-3-7-15-8-5-13-23-22(15)20/h1-4,6-7,9-12,23H,5,8,13-14H2. The molecule has 5 rings (SSSR count). The molecule has 0 atom stereocenters. The van der Waals surface area contributed by atoms with Crippen LogP contribution in [-0.2, 0) is 12.8 Å². The highest BCUT2D eigenvalue weighted by Gasteiger charge is 2.23. The Morgan fingerprint density at radius 3 is 2.30 bits per heavy atom. The van der Waals surface area contributed by atoms with E-state index in [1.165, 1.54) is 57.5 Å². The molecule has 0 aromatic heterocycles. The van der Waals surface area contributed by atoms with Gasteiger partial charge >= 0.3 is 0 Å². The normalized spacial score (nSPS) is 14.6. The summed E-state index contributed by atoms with van der Waals surface area (Å²) in [6.45, 7) is 1.08. The van der Waals surface area contributed by atoms with Gasteiger partial charge in [0.2, 0.25) is 0 Å². The fourth-order valence-electron chi connectivity index (χ4n) is 4.14. The zero-order chi connectivity index (χ0) is 15.2. The molecule has 0 spiro atoms. The van der Waals surface area contributed by atoms with Gasteiger partial charge in [0.25, 0.3) is 0 Å². The van der Waals surface area contributed by atoms with Crippen molar-refractivity contribution in [3.63, 3.8) is 0 Å². The Morgan fingerprint density at radius 2 is 1.35 bits per heavy atom. The molecule has 0 saturated heterocycles. The zero-order valence-corrected chi connectivity index (χ0v) is 13.1. The second-order valence-corrected chi connectivity index (χ2v) is 6.54. The lowest BCUT2D eigenvalue weighted by atomic mass is 9.91. The maximum Gasteiger partial charge on any atom is 0.0452 e. The van der Waals surface area contributed by atoms with Gasteiger partial charge in [0.15, 0.2) is 0 Å². The van der Waals surface area contributed by atoms with Crippen LogP contribution >= 0.6 is 0 Å². The van der Waals surface area contributed by atoms with Crippen LogP contribution in [0.5, 0.6) is 0 Å².